The minimum absolute atomic E-state index is 0.0634. The summed E-state index contributed by atoms with van der Waals surface area (Å²) in [6, 6.07) is 9.53. The molecule has 0 saturated heterocycles. The average molecular weight is 338 g/mol. The van der Waals surface area contributed by atoms with Gasteiger partial charge in [-0.1, -0.05) is 18.2 Å². The molecule has 122 valence electrons. The molecule has 0 aliphatic carbocycles. The van der Waals surface area contributed by atoms with E-state index in [0.717, 1.165) is 6.07 Å². The lowest BCUT2D eigenvalue weighted by molar-refractivity contribution is -0.385. The van der Waals surface area contributed by atoms with E-state index in [1.807, 2.05) is 0 Å². The van der Waals surface area contributed by atoms with Crippen molar-refractivity contribution in [3.05, 3.63) is 69.5 Å². The van der Waals surface area contributed by atoms with Gasteiger partial charge in [-0.25, -0.2) is 17.5 Å². The fourth-order valence-electron chi connectivity index (χ4n) is 2.09. The quantitative estimate of drug-likeness (QED) is 0.647. The van der Waals surface area contributed by atoms with Gasteiger partial charge in [0.2, 0.25) is 10.0 Å². The maximum Gasteiger partial charge on any atom is 0.270 e. The SMILES string of the molecule is Cc1ccc([N+](=O)[O-])cc1S(=O)(=O)NCCc1cccc(F)c1. The van der Waals surface area contributed by atoms with Crippen LogP contribution in [0.4, 0.5) is 10.1 Å². The Morgan fingerprint density at radius 3 is 2.61 bits per heavy atom. The monoisotopic (exact) mass is 338 g/mol. The molecule has 2 aromatic rings. The molecule has 8 heteroatoms. The van der Waals surface area contributed by atoms with Crippen LogP contribution in [-0.2, 0) is 16.4 Å². The molecule has 0 bridgehead atoms. The Bertz CT molecular complexity index is 837. The van der Waals surface area contributed by atoms with Crippen LogP contribution in [0.5, 0.6) is 0 Å². The molecule has 0 amide bonds. The van der Waals surface area contributed by atoms with Crippen LogP contribution in [-0.4, -0.2) is 19.9 Å². The lowest BCUT2D eigenvalue weighted by atomic mass is 10.1. The molecule has 0 spiro atoms. The standard InChI is InChI=1S/C15H15FN2O4S/c1-11-5-6-14(18(19)20)10-15(11)23(21,22)17-8-7-12-3-2-4-13(16)9-12/h2-6,9-10,17H,7-8H2,1H3. The van der Waals surface area contributed by atoms with Crippen molar-refractivity contribution in [3.63, 3.8) is 0 Å². The number of aryl methyl sites for hydroxylation is 1. The molecule has 6 nitrogen and oxygen atoms in total. The molecular weight excluding hydrogens is 323 g/mol. The van der Waals surface area contributed by atoms with Crippen molar-refractivity contribution >= 4 is 15.7 Å². The number of nitrogens with one attached hydrogen (secondary N) is 1. The van der Waals surface area contributed by atoms with E-state index in [9.17, 15) is 22.9 Å². The van der Waals surface area contributed by atoms with Gasteiger partial charge in [0.05, 0.1) is 9.82 Å². The van der Waals surface area contributed by atoms with Gasteiger partial charge in [0.1, 0.15) is 5.82 Å². The maximum absolute atomic E-state index is 13.1. The smallest absolute Gasteiger partial charge is 0.258 e. The van der Waals surface area contributed by atoms with Crippen LogP contribution in [0.3, 0.4) is 0 Å². The number of non-ortho nitro benzene ring substituents is 1. The molecule has 0 saturated carbocycles. The second-order valence-electron chi connectivity index (χ2n) is 4.98. The topological polar surface area (TPSA) is 89.3 Å². The fraction of sp³-hybridized carbons (Fsp3) is 0.200. The molecule has 0 fully saturated rings. The Balaban J connectivity index is 2.13. The van der Waals surface area contributed by atoms with E-state index in [2.05, 4.69) is 4.72 Å². The van der Waals surface area contributed by atoms with Crippen molar-refractivity contribution in [1.82, 2.24) is 4.72 Å². The average Bonchev–Trinajstić information content (AvgIpc) is 2.47. The summed E-state index contributed by atoms with van der Waals surface area (Å²) < 4.78 is 40.0. The van der Waals surface area contributed by atoms with E-state index in [1.54, 1.807) is 19.1 Å². The molecule has 0 unspecified atom stereocenters. The van der Waals surface area contributed by atoms with Crippen molar-refractivity contribution in [1.29, 1.82) is 0 Å². The molecule has 23 heavy (non-hydrogen) atoms. The van der Waals surface area contributed by atoms with Crippen LogP contribution in [0.15, 0.2) is 47.4 Å². The van der Waals surface area contributed by atoms with Crippen molar-refractivity contribution in [2.24, 2.45) is 0 Å². The molecular formula is C15H15FN2O4S. The summed E-state index contributed by atoms with van der Waals surface area (Å²) in [7, 11) is -3.88. The zero-order chi connectivity index (χ0) is 17.0. The van der Waals surface area contributed by atoms with Crippen LogP contribution in [0.25, 0.3) is 0 Å². The zero-order valence-electron chi connectivity index (χ0n) is 12.3. The predicted octanol–water partition coefficient (Wildman–Crippen LogP) is 2.56. The fourth-order valence-corrected chi connectivity index (χ4v) is 3.39. The van der Waals surface area contributed by atoms with E-state index >= 15 is 0 Å². The number of nitrogens with zero attached hydrogens (tertiary/aromatic N) is 1. The minimum atomic E-state index is -3.88. The summed E-state index contributed by atoms with van der Waals surface area (Å²) in [5.41, 5.74) is 0.776. The third-order valence-electron chi connectivity index (χ3n) is 3.27. The van der Waals surface area contributed by atoms with Crippen LogP contribution < -0.4 is 4.72 Å². The summed E-state index contributed by atoms with van der Waals surface area (Å²) >= 11 is 0. The highest BCUT2D eigenvalue weighted by atomic mass is 32.2. The van der Waals surface area contributed by atoms with Gasteiger partial charge in [-0.3, -0.25) is 10.1 Å². The van der Waals surface area contributed by atoms with Gasteiger partial charge in [-0.05, 0) is 36.6 Å². The maximum atomic E-state index is 13.1. The molecule has 0 heterocycles. The van der Waals surface area contributed by atoms with Crippen molar-refractivity contribution < 1.29 is 17.7 Å². The van der Waals surface area contributed by atoms with Gasteiger partial charge in [0, 0.05) is 18.7 Å². The van der Waals surface area contributed by atoms with Gasteiger partial charge in [0.25, 0.3) is 5.69 Å². The van der Waals surface area contributed by atoms with Gasteiger partial charge < -0.3 is 0 Å². The molecule has 0 radical (unpaired) electrons. The minimum Gasteiger partial charge on any atom is -0.258 e. The number of hydrogen-bond acceptors (Lipinski definition) is 4. The summed E-state index contributed by atoms with van der Waals surface area (Å²) in [6.07, 6.45) is 0.310. The van der Waals surface area contributed by atoms with E-state index in [4.69, 9.17) is 0 Å². The number of nitro groups is 1. The Hall–Kier alpha value is -2.32. The molecule has 2 rings (SSSR count). The lowest BCUT2D eigenvalue weighted by Crippen LogP contribution is -2.26. The number of rotatable bonds is 6. The summed E-state index contributed by atoms with van der Waals surface area (Å²) in [5.74, 6) is -0.389. The molecule has 2 aromatic carbocycles. The van der Waals surface area contributed by atoms with E-state index in [-0.39, 0.29) is 22.9 Å². The molecule has 0 atom stereocenters. The van der Waals surface area contributed by atoms with E-state index in [0.29, 0.717) is 17.5 Å². The number of halogens is 1. The summed E-state index contributed by atoms with van der Waals surface area (Å²) in [6.45, 7) is 1.62. The van der Waals surface area contributed by atoms with Crippen LogP contribution >= 0.6 is 0 Å². The number of sulfonamides is 1. The number of benzene rings is 2. The first-order chi connectivity index (χ1) is 10.8. The van der Waals surface area contributed by atoms with Gasteiger partial charge in [0.15, 0.2) is 0 Å². The van der Waals surface area contributed by atoms with Crippen LogP contribution in [0, 0.1) is 22.9 Å². The highest BCUT2D eigenvalue weighted by Gasteiger charge is 2.20. The third-order valence-corrected chi connectivity index (χ3v) is 4.87. The zero-order valence-corrected chi connectivity index (χ0v) is 13.1. The highest BCUT2D eigenvalue weighted by Crippen LogP contribution is 2.21. The second kappa shape index (κ2) is 6.84. The number of nitro benzene ring substituents is 1. The predicted molar refractivity (Wildman–Crippen MR) is 83.1 cm³/mol. The van der Waals surface area contributed by atoms with Crippen LogP contribution in [0.1, 0.15) is 11.1 Å². The summed E-state index contributed by atoms with van der Waals surface area (Å²) in [5, 5.41) is 10.8. The van der Waals surface area contributed by atoms with Crippen molar-refractivity contribution in [2.75, 3.05) is 6.54 Å². The summed E-state index contributed by atoms with van der Waals surface area (Å²) in [4.78, 5) is 10.00. The Labute approximate surface area is 133 Å². The first-order valence-corrected chi connectivity index (χ1v) is 8.27. The molecule has 0 aliphatic rings. The van der Waals surface area contributed by atoms with Gasteiger partial charge >= 0.3 is 0 Å². The van der Waals surface area contributed by atoms with Gasteiger partial charge in [-0.15, -0.1) is 0 Å². The normalized spacial score (nSPS) is 11.4. The lowest BCUT2D eigenvalue weighted by Gasteiger charge is -2.09. The second-order valence-corrected chi connectivity index (χ2v) is 6.72. The first kappa shape index (κ1) is 17.0. The molecule has 0 aromatic heterocycles. The molecule has 1 N–H and O–H groups in total. The Morgan fingerprint density at radius 2 is 1.96 bits per heavy atom. The molecule has 0 aliphatic heterocycles. The van der Waals surface area contributed by atoms with Crippen LogP contribution in [0.2, 0.25) is 0 Å². The third kappa shape index (κ3) is 4.33. The van der Waals surface area contributed by atoms with Crippen molar-refractivity contribution in [3.8, 4) is 0 Å². The Morgan fingerprint density at radius 1 is 1.22 bits per heavy atom. The van der Waals surface area contributed by atoms with E-state index < -0.39 is 14.9 Å². The number of hydrogen-bond donors (Lipinski definition) is 1. The van der Waals surface area contributed by atoms with Gasteiger partial charge in [-0.2, -0.15) is 0 Å². The highest BCUT2D eigenvalue weighted by molar-refractivity contribution is 7.89. The van der Waals surface area contributed by atoms with Crippen molar-refractivity contribution in [2.45, 2.75) is 18.2 Å². The first-order valence-electron chi connectivity index (χ1n) is 6.79. The largest absolute Gasteiger partial charge is 0.270 e. The van der Waals surface area contributed by atoms with E-state index in [1.165, 1.54) is 24.3 Å². The Kier molecular flexibility index (Phi) is 5.07.